The summed E-state index contributed by atoms with van der Waals surface area (Å²) < 4.78 is 0. The Morgan fingerprint density at radius 3 is 2.75 bits per heavy atom. The molecule has 1 aromatic carbocycles. The van der Waals surface area contributed by atoms with Crippen molar-refractivity contribution in [1.29, 1.82) is 0 Å². The normalized spacial score (nSPS) is 9.56. The quantitative estimate of drug-likeness (QED) is 0.641. The SMILES string of the molecule is C#CCNCC(=O)Nc1ccc(Cl)c(Cl)c1. The van der Waals surface area contributed by atoms with Crippen LogP contribution in [0.4, 0.5) is 5.69 Å². The van der Waals surface area contributed by atoms with E-state index in [0.717, 1.165) is 0 Å². The van der Waals surface area contributed by atoms with Gasteiger partial charge in [-0.2, -0.15) is 0 Å². The van der Waals surface area contributed by atoms with Crippen LogP contribution in [-0.2, 0) is 4.79 Å². The second-order valence-corrected chi connectivity index (χ2v) is 3.80. The average Bonchev–Trinajstić information content (AvgIpc) is 2.24. The highest BCUT2D eigenvalue weighted by atomic mass is 35.5. The summed E-state index contributed by atoms with van der Waals surface area (Å²) in [5, 5.41) is 6.28. The van der Waals surface area contributed by atoms with E-state index in [0.29, 0.717) is 22.3 Å². The lowest BCUT2D eigenvalue weighted by Crippen LogP contribution is -2.28. The third kappa shape index (κ3) is 4.11. The van der Waals surface area contributed by atoms with E-state index < -0.39 is 0 Å². The molecule has 0 bridgehead atoms. The molecule has 1 rings (SSSR count). The zero-order chi connectivity index (χ0) is 12.0. The Kier molecular flexibility index (Phi) is 5.13. The number of carbonyl (C=O) groups excluding carboxylic acids is 1. The highest BCUT2D eigenvalue weighted by Gasteiger charge is 2.03. The van der Waals surface area contributed by atoms with Crippen molar-refractivity contribution in [3.8, 4) is 12.3 Å². The largest absolute Gasteiger partial charge is 0.325 e. The zero-order valence-corrected chi connectivity index (χ0v) is 9.90. The predicted molar refractivity (Wildman–Crippen MR) is 66.8 cm³/mol. The van der Waals surface area contributed by atoms with E-state index in [4.69, 9.17) is 29.6 Å². The maximum absolute atomic E-state index is 11.4. The van der Waals surface area contributed by atoms with E-state index in [2.05, 4.69) is 16.6 Å². The molecule has 1 amide bonds. The molecule has 3 nitrogen and oxygen atoms in total. The number of anilines is 1. The van der Waals surface area contributed by atoms with E-state index in [9.17, 15) is 4.79 Å². The highest BCUT2D eigenvalue weighted by molar-refractivity contribution is 6.42. The Morgan fingerprint density at radius 1 is 1.38 bits per heavy atom. The number of nitrogens with one attached hydrogen (secondary N) is 2. The van der Waals surface area contributed by atoms with Crippen LogP contribution in [-0.4, -0.2) is 19.0 Å². The molecule has 0 fully saturated rings. The predicted octanol–water partition coefficient (Wildman–Crippen LogP) is 2.15. The van der Waals surface area contributed by atoms with Crippen LogP contribution in [0.15, 0.2) is 18.2 Å². The van der Waals surface area contributed by atoms with Crippen molar-refractivity contribution in [2.24, 2.45) is 0 Å². The number of hydrogen-bond donors (Lipinski definition) is 2. The van der Waals surface area contributed by atoms with Crippen molar-refractivity contribution in [2.75, 3.05) is 18.4 Å². The Balaban J connectivity index is 2.50. The number of benzene rings is 1. The van der Waals surface area contributed by atoms with E-state index >= 15 is 0 Å². The monoisotopic (exact) mass is 256 g/mol. The summed E-state index contributed by atoms with van der Waals surface area (Å²) in [5.41, 5.74) is 0.599. The first-order chi connectivity index (χ1) is 7.63. The summed E-state index contributed by atoms with van der Waals surface area (Å²) in [7, 11) is 0. The minimum Gasteiger partial charge on any atom is -0.325 e. The minimum absolute atomic E-state index is 0.157. The number of carbonyl (C=O) groups is 1. The van der Waals surface area contributed by atoms with Crippen molar-refractivity contribution >= 4 is 34.8 Å². The second kappa shape index (κ2) is 6.39. The molecular formula is C11H10Cl2N2O. The fraction of sp³-hybridized carbons (Fsp3) is 0.182. The van der Waals surface area contributed by atoms with Gasteiger partial charge in [-0.15, -0.1) is 6.42 Å². The van der Waals surface area contributed by atoms with Crippen LogP contribution in [0.25, 0.3) is 0 Å². The van der Waals surface area contributed by atoms with Gasteiger partial charge in [-0.05, 0) is 18.2 Å². The smallest absolute Gasteiger partial charge is 0.238 e. The minimum atomic E-state index is -0.186. The molecule has 16 heavy (non-hydrogen) atoms. The van der Waals surface area contributed by atoms with Crippen molar-refractivity contribution in [3.63, 3.8) is 0 Å². The maximum Gasteiger partial charge on any atom is 0.238 e. The Hall–Kier alpha value is -1.21. The van der Waals surface area contributed by atoms with Gasteiger partial charge >= 0.3 is 0 Å². The standard InChI is InChI=1S/C11H10Cl2N2O/c1-2-5-14-7-11(16)15-8-3-4-9(12)10(13)6-8/h1,3-4,6,14H,5,7H2,(H,15,16). The molecule has 0 aliphatic heterocycles. The highest BCUT2D eigenvalue weighted by Crippen LogP contribution is 2.24. The molecule has 0 unspecified atom stereocenters. The first kappa shape index (κ1) is 12.9. The molecule has 0 radical (unpaired) electrons. The fourth-order valence-electron chi connectivity index (χ4n) is 1.03. The maximum atomic E-state index is 11.4. The summed E-state index contributed by atoms with van der Waals surface area (Å²) >= 11 is 11.5. The first-order valence-corrected chi connectivity index (χ1v) is 5.28. The van der Waals surface area contributed by atoms with Gasteiger partial charge in [0.2, 0.25) is 5.91 Å². The molecule has 0 atom stereocenters. The number of terminal acetylenes is 1. The van der Waals surface area contributed by atoms with Gasteiger partial charge < -0.3 is 5.32 Å². The molecule has 0 aliphatic rings. The van der Waals surface area contributed by atoms with E-state index in [-0.39, 0.29) is 12.5 Å². The van der Waals surface area contributed by atoms with Crippen molar-refractivity contribution in [1.82, 2.24) is 5.32 Å². The summed E-state index contributed by atoms with van der Waals surface area (Å²) in [4.78, 5) is 11.4. The molecule has 0 heterocycles. The van der Waals surface area contributed by atoms with Gasteiger partial charge in [0.15, 0.2) is 0 Å². The lowest BCUT2D eigenvalue weighted by Gasteiger charge is -2.06. The second-order valence-electron chi connectivity index (χ2n) is 2.98. The van der Waals surface area contributed by atoms with Crippen molar-refractivity contribution < 1.29 is 4.79 Å². The van der Waals surface area contributed by atoms with Crippen molar-refractivity contribution in [3.05, 3.63) is 28.2 Å². The van der Waals surface area contributed by atoms with Crippen LogP contribution in [0.1, 0.15) is 0 Å². The molecule has 0 aromatic heterocycles. The van der Waals surface area contributed by atoms with Crippen LogP contribution < -0.4 is 10.6 Å². The van der Waals surface area contributed by atoms with Crippen LogP contribution >= 0.6 is 23.2 Å². The molecule has 0 saturated carbocycles. The molecule has 2 N–H and O–H groups in total. The van der Waals surface area contributed by atoms with Gasteiger partial charge in [0.25, 0.3) is 0 Å². The molecule has 0 aliphatic carbocycles. The Morgan fingerprint density at radius 2 is 2.12 bits per heavy atom. The van der Waals surface area contributed by atoms with Crippen LogP contribution in [0, 0.1) is 12.3 Å². The summed E-state index contributed by atoms with van der Waals surface area (Å²) in [6.45, 7) is 0.513. The number of amides is 1. The molecule has 84 valence electrons. The number of hydrogen-bond acceptors (Lipinski definition) is 2. The van der Waals surface area contributed by atoms with Crippen molar-refractivity contribution in [2.45, 2.75) is 0 Å². The molecule has 5 heteroatoms. The number of halogens is 2. The first-order valence-electron chi connectivity index (χ1n) is 4.52. The molecule has 0 saturated heterocycles. The molecular weight excluding hydrogens is 247 g/mol. The van der Waals surface area contributed by atoms with Gasteiger partial charge in [-0.3, -0.25) is 10.1 Å². The lowest BCUT2D eigenvalue weighted by molar-refractivity contribution is -0.115. The zero-order valence-electron chi connectivity index (χ0n) is 8.39. The molecule has 0 spiro atoms. The van der Waals surface area contributed by atoms with E-state index in [1.807, 2.05) is 0 Å². The summed E-state index contributed by atoms with van der Waals surface area (Å²) in [6.07, 6.45) is 5.03. The molecule has 1 aromatic rings. The Labute approximate surface area is 104 Å². The third-order valence-corrected chi connectivity index (χ3v) is 2.46. The van der Waals surface area contributed by atoms with Crippen LogP contribution in [0.5, 0.6) is 0 Å². The number of rotatable bonds is 4. The Bertz CT molecular complexity index is 426. The van der Waals surface area contributed by atoms with Crippen LogP contribution in [0.3, 0.4) is 0 Å². The van der Waals surface area contributed by atoms with Crippen LogP contribution in [0.2, 0.25) is 10.0 Å². The van der Waals surface area contributed by atoms with E-state index in [1.54, 1.807) is 18.2 Å². The fourth-order valence-corrected chi connectivity index (χ4v) is 1.33. The van der Waals surface area contributed by atoms with Gasteiger partial charge in [-0.1, -0.05) is 29.1 Å². The average molecular weight is 257 g/mol. The van der Waals surface area contributed by atoms with E-state index in [1.165, 1.54) is 0 Å². The summed E-state index contributed by atoms with van der Waals surface area (Å²) in [5.74, 6) is 2.19. The topological polar surface area (TPSA) is 41.1 Å². The van der Waals surface area contributed by atoms with Gasteiger partial charge in [0, 0.05) is 5.69 Å². The van der Waals surface area contributed by atoms with Gasteiger partial charge in [0.05, 0.1) is 23.1 Å². The lowest BCUT2D eigenvalue weighted by atomic mass is 10.3. The third-order valence-electron chi connectivity index (χ3n) is 1.72. The van der Waals surface area contributed by atoms with Gasteiger partial charge in [0.1, 0.15) is 0 Å². The summed E-state index contributed by atoms with van der Waals surface area (Å²) in [6, 6.07) is 4.88. The van der Waals surface area contributed by atoms with Gasteiger partial charge in [-0.25, -0.2) is 0 Å².